The van der Waals surface area contributed by atoms with Crippen molar-refractivity contribution < 1.29 is 13.2 Å². The summed E-state index contributed by atoms with van der Waals surface area (Å²) in [5.41, 5.74) is 1.12. The summed E-state index contributed by atoms with van der Waals surface area (Å²) in [4.78, 5) is 2.98. The topological polar surface area (TPSA) is 113 Å². The molecule has 8 nitrogen and oxygen atoms in total. The number of anilines is 1. The average molecular weight is 406 g/mol. The van der Waals surface area contributed by atoms with E-state index in [0.717, 1.165) is 12.8 Å². The molecule has 2 N–H and O–H groups in total. The van der Waals surface area contributed by atoms with Gasteiger partial charge in [0.2, 0.25) is 0 Å². The summed E-state index contributed by atoms with van der Waals surface area (Å²) >= 11 is 6.15. The fourth-order valence-electron chi connectivity index (χ4n) is 3.19. The molecule has 0 bridgehead atoms. The minimum absolute atomic E-state index is 0.0681. The van der Waals surface area contributed by atoms with Gasteiger partial charge in [-0.15, -0.1) is 0 Å². The highest BCUT2D eigenvalue weighted by Gasteiger charge is 2.32. The lowest BCUT2D eigenvalue weighted by molar-refractivity contribution is 0.00242. The first-order chi connectivity index (χ1) is 12.9. The van der Waals surface area contributed by atoms with Crippen molar-refractivity contribution in [3.05, 3.63) is 41.3 Å². The molecule has 3 aromatic rings. The van der Waals surface area contributed by atoms with Gasteiger partial charge < -0.3 is 9.72 Å². The number of halogens is 1. The second-order valence-electron chi connectivity index (χ2n) is 6.40. The van der Waals surface area contributed by atoms with E-state index in [9.17, 15) is 13.7 Å². The van der Waals surface area contributed by atoms with Gasteiger partial charge in [-0.1, -0.05) is 11.6 Å². The highest BCUT2D eigenvalue weighted by Crippen LogP contribution is 2.35. The van der Waals surface area contributed by atoms with Crippen LogP contribution in [0.1, 0.15) is 24.4 Å². The molecule has 2 heterocycles. The summed E-state index contributed by atoms with van der Waals surface area (Å²) in [6.45, 7) is 0. The number of benzene rings is 1. The molecule has 0 unspecified atom stereocenters. The van der Waals surface area contributed by atoms with Crippen molar-refractivity contribution >= 4 is 38.2 Å². The third-order valence-corrected chi connectivity index (χ3v) is 6.45. The zero-order chi connectivity index (χ0) is 19.2. The number of rotatable bonds is 5. The van der Waals surface area contributed by atoms with Crippen molar-refractivity contribution in [3.8, 4) is 6.07 Å². The highest BCUT2D eigenvalue weighted by molar-refractivity contribution is 7.92. The highest BCUT2D eigenvalue weighted by atomic mass is 35.5. The second-order valence-corrected chi connectivity index (χ2v) is 8.49. The van der Waals surface area contributed by atoms with E-state index in [2.05, 4.69) is 14.8 Å². The van der Waals surface area contributed by atoms with E-state index >= 15 is 0 Å². The summed E-state index contributed by atoms with van der Waals surface area (Å²) < 4.78 is 35.0. The number of ether oxygens (including phenoxy) is 1. The van der Waals surface area contributed by atoms with Gasteiger partial charge in [0, 0.05) is 24.9 Å². The number of aromatic amines is 1. The molecule has 10 heteroatoms. The van der Waals surface area contributed by atoms with Crippen molar-refractivity contribution in [2.75, 3.05) is 11.8 Å². The van der Waals surface area contributed by atoms with Gasteiger partial charge in [-0.25, -0.2) is 8.42 Å². The van der Waals surface area contributed by atoms with Crippen molar-refractivity contribution in [1.29, 1.82) is 5.26 Å². The van der Waals surface area contributed by atoms with Crippen molar-refractivity contribution in [2.24, 2.45) is 0 Å². The predicted octanol–water partition coefficient (Wildman–Crippen LogP) is 3.04. The maximum atomic E-state index is 12.8. The lowest BCUT2D eigenvalue weighted by Gasteiger charge is -2.34. The Hall–Kier alpha value is -2.54. The van der Waals surface area contributed by atoms with E-state index in [4.69, 9.17) is 16.3 Å². The standard InChI is InChI=1S/C17H16ClN5O3S/c1-26-12-4-11(5-12)23-9-13(8-21-23)27(24,25)22-15-3-2-14(18)16-10(6-19)7-20-17(15)16/h2-3,7-9,11-12,20,22H,4-5H2,1H3. The number of nitriles is 1. The quantitative estimate of drug-likeness (QED) is 0.677. The predicted molar refractivity (Wildman–Crippen MR) is 100 cm³/mol. The molecular formula is C17H16ClN5O3S. The molecule has 1 aromatic carbocycles. The Balaban J connectivity index is 1.62. The Morgan fingerprint density at radius 2 is 2.22 bits per heavy atom. The van der Waals surface area contributed by atoms with Crippen LogP contribution in [0.3, 0.4) is 0 Å². The minimum Gasteiger partial charge on any atom is -0.381 e. The van der Waals surface area contributed by atoms with E-state index in [1.54, 1.807) is 23.9 Å². The number of sulfonamides is 1. The summed E-state index contributed by atoms with van der Waals surface area (Å²) in [6, 6.07) is 5.28. The molecule has 0 amide bonds. The fraction of sp³-hybridized carbons (Fsp3) is 0.294. The molecule has 0 radical (unpaired) electrons. The van der Waals surface area contributed by atoms with Gasteiger partial charge in [-0.2, -0.15) is 10.4 Å². The Labute approximate surface area is 160 Å². The van der Waals surface area contributed by atoms with Crippen LogP contribution < -0.4 is 4.72 Å². The first-order valence-corrected chi connectivity index (χ1v) is 10.1. The maximum absolute atomic E-state index is 12.8. The number of H-pyrrole nitrogens is 1. The lowest BCUT2D eigenvalue weighted by Crippen LogP contribution is -2.32. The van der Waals surface area contributed by atoms with Crippen molar-refractivity contribution in [1.82, 2.24) is 14.8 Å². The zero-order valence-corrected chi connectivity index (χ0v) is 15.9. The molecule has 0 spiro atoms. The van der Waals surface area contributed by atoms with Crippen LogP contribution in [-0.2, 0) is 14.8 Å². The largest absolute Gasteiger partial charge is 0.381 e. The van der Waals surface area contributed by atoms with Crippen LogP contribution in [-0.4, -0.2) is 36.4 Å². The second kappa shape index (κ2) is 6.56. The molecule has 0 aliphatic heterocycles. The molecule has 27 heavy (non-hydrogen) atoms. The first kappa shape index (κ1) is 17.9. The monoisotopic (exact) mass is 405 g/mol. The van der Waals surface area contributed by atoms with E-state index in [1.165, 1.54) is 18.6 Å². The van der Waals surface area contributed by atoms with Crippen LogP contribution in [0.25, 0.3) is 10.9 Å². The molecule has 2 aromatic heterocycles. The Morgan fingerprint density at radius 3 is 2.93 bits per heavy atom. The SMILES string of the molecule is COC1CC(n2cc(S(=O)(=O)Nc3ccc(Cl)c4c(C#N)c[nH]c34)cn2)C1. The number of aromatic nitrogens is 3. The zero-order valence-electron chi connectivity index (χ0n) is 14.3. The Bertz CT molecular complexity index is 1160. The van der Waals surface area contributed by atoms with Crippen molar-refractivity contribution in [2.45, 2.75) is 29.9 Å². The number of fused-ring (bicyclic) bond motifs is 1. The third-order valence-electron chi connectivity index (χ3n) is 4.81. The van der Waals surface area contributed by atoms with Gasteiger partial charge in [0.1, 0.15) is 11.0 Å². The molecule has 0 saturated heterocycles. The molecule has 1 aliphatic carbocycles. The van der Waals surface area contributed by atoms with Gasteiger partial charge in [-0.3, -0.25) is 9.40 Å². The van der Waals surface area contributed by atoms with Gasteiger partial charge in [0.05, 0.1) is 40.1 Å². The van der Waals surface area contributed by atoms with Crippen LogP contribution in [0.2, 0.25) is 5.02 Å². The van der Waals surface area contributed by atoms with Crippen LogP contribution in [0, 0.1) is 11.3 Å². The number of hydrogen-bond donors (Lipinski definition) is 2. The van der Waals surface area contributed by atoms with E-state index in [-0.39, 0.29) is 17.0 Å². The van der Waals surface area contributed by atoms with Gasteiger partial charge in [-0.05, 0) is 25.0 Å². The molecular weight excluding hydrogens is 390 g/mol. The van der Waals surface area contributed by atoms with Gasteiger partial charge in [0.25, 0.3) is 10.0 Å². The number of nitrogens with one attached hydrogen (secondary N) is 2. The summed E-state index contributed by atoms with van der Waals surface area (Å²) in [5.74, 6) is 0. The van der Waals surface area contributed by atoms with Gasteiger partial charge >= 0.3 is 0 Å². The normalized spacial score (nSPS) is 19.6. The molecule has 1 aliphatic rings. The van der Waals surface area contributed by atoms with Crippen LogP contribution in [0.15, 0.2) is 35.6 Å². The molecule has 140 valence electrons. The molecule has 1 fully saturated rings. The van der Waals surface area contributed by atoms with Crippen LogP contribution in [0.4, 0.5) is 5.69 Å². The number of methoxy groups -OCH3 is 1. The van der Waals surface area contributed by atoms with E-state index < -0.39 is 10.0 Å². The smallest absolute Gasteiger partial charge is 0.265 e. The molecule has 1 saturated carbocycles. The van der Waals surface area contributed by atoms with Crippen molar-refractivity contribution in [3.63, 3.8) is 0 Å². The lowest BCUT2D eigenvalue weighted by atomic mass is 9.89. The summed E-state index contributed by atoms with van der Waals surface area (Å²) in [7, 11) is -2.18. The maximum Gasteiger partial charge on any atom is 0.265 e. The van der Waals surface area contributed by atoms with Crippen LogP contribution >= 0.6 is 11.6 Å². The molecule has 4 rings (SSSR count). The van der Waals surface area contributed by atoms with Crippen LogP contribution in [0.5, 0.6) is 0 Å². The Morgan fingerprint density at radius 1 is 1.44 bits per heavy atom. The average Bonchev–Trinajstić information content (AvgIpc) is 3.24. The first-order valence-electron chi connectivity index (χ1n) is 8.22. The van der Waals surface area contributed by atoms with E-state index in [0.29, 0.717) is 27.2 Å². The summed E-state index contributed by atoms with van der Waals surface area (Å²) in [5, 5.41) is 14.2. The Kier molecular flexibility index (Phi) is 4.34. The molecule has 0 atom stereocenters. The third kappa shape index (κ3) is 3.06. The van der Waals surface area contributed by atoms with E-state index in [1.807, 2.05) is 6.07 Å². The summed E-state index contributed by atoms with van der Waals surface area (Å²) in [6.07, 6.45) is 6.15. The minimum atomic E-state index is -3.84. The number of hydrogen-bond acceptors (Lipinski definition) is 5. The number of nitrogens with zero attached hydrogens (tertiary/aromatic N) is 3. The van der Waals surface area contributed by atoms with Gasteiger partial charge in [0.15, 0.2) is 0 Å². The fourth-order valence-corrected chi connectivity index (χ4v) is 4.46.